The Labute approximate surface area is 257 Å². The molecule has 1 aliphatic carbocycles. The van der Waals surface area contributed by atoms with Gasteiger partial charge in [-0.05, 0) is 24.6 Å². The topological polar surface area (TPSA) is 227 Å². The van der Waals surface area contributed by atoms with Gasteiger partial charge in [0.15, 0.2) is 18.7 Å². The van der Waals surface area contributed by atoms with Gasteiger partial charge in [-0.25, -0.2) is 4.79 Å². The van der Waals surface area contributed by atoms with Crippen LogP contribution in [0, 0.1) is 11.8 Å². The molecular formula is C30H38O15. The van der Waals surface area contributed by atoms with Crippen LogP contribution >= 0.6 is 0 Å². The van der Waals surface area contributed by atoms with E-state index in [1.54, 1.807) is 30.3 Å². The molecule has 15 nitrogen and oxygen atoms in total. The molecule has 1 aromatic rings. The maximum Gasteiger partial charge on any atom is 0.331 e. The monoisotopic (exact) mass is 638 g/mol. The van der Waals surface area contributed by atoms with Gasteiger partial charge in [-0.1, -0.05) is 30.3 Å². The van der Waals surface area contributed by atoms with Crippen LogP contribution in [0.25, 0.3) is 6.08 Å². The van der Waals surface area contributed by atoms with Crippen molar-refractivity contribution in [2.24, 2.45) is 11.8 Å². The molecule has 6 rings (SSSR count). The van der Waals surface area contributed by atoms with E-state index in [1.807, 2.05) is 6.07 Å². The molecule has 1 aromatic carbocycles. The van der Waals surface area contributed by atoms with Crippen LogP contribution in [0.5, 0.6) is 0 Å². The van der Waals surface area contributed by atoms with E-state index in [9.17, 15) is 40.5 Å². The van der Waals surface area contributed by atoms with Gasteiger partial charge in [-0.2, -0.15) is 0 Å². The van der Waals surface area contributed by atoms with Gasteiger partial charge < -0.3 is 68.9 Å². The van der Waals surface area contributed by atoms with Crippen molar-refractivity contribution in [3.8, 4) is 0 Å². The molecule has 248 valence electrons. The normalized spacial score (nSPS) is 47.2. The third-order valence-electron chi connectivity index (χ3n) is 9.13. The van der Waals surface area contributed by atoms with Crippen LogP contribution in [0.4, 0.5) is 0 Å². The summed E-state index contributed by atoms with van der Waals surface area (Å²) in [6.45, 7) is 0.414. The number of fused-ring (bicyclic) bond motifs is 3. The Bertz CT molecular complexity index is 1240. The molecule has 0 aromatic heterocycles. The van der Waals surface area contributed by atoms with Gasteiger partial charge in [0.25, 0.3) is 0 Å². The Hall–Kier alpha value is -2.51. The minimum absolute atomic E-state index is 0.471. The molecule has 4 fully saturated rings. The molecule has 3 saturated heterocycles. The number of hydrogen-bond acceptors (Lipinski definition) is 15. The second kappa shape index (κ2) is 12.9. The van der Waals surface area contributed by atoms with Crippen LogP contribution in [0.3, 0.4) is 0 Å². The molecule has 7 N–H and O–H groups in total. The molecule has 0 spiro atoms. The first-order valence-corrected chi connectivity index (χ1v) is 14.8. The van der Waals surface area contributed by atoms with Crippen LogP contribution in [0.2, 0.25) is 0 Å². The largest absolute Gasteiger partial charge is 0.472 e. The number of rotatable bonds is 9. The second-order valence-corrected chi connectivity index (χ2v) is 11.9. The Morgan fingerprint density at radius 3 is 2.33 bits per heavy atom. The van der Waals surface area contributed by atoms with Crippen LogP contribution in [-0.2, 0) is 38.0 Å². The predicted octanol–water partition coefficient (Wildman–Crippen LogP) is -2.47. The third-order valence-corrected chi connectivity index (χ3v) is 9.13. The summed E-state index contributed by atoms with van der Waals surface area (Å²) in [5.41, 5.74) is -0.458. The fourth-order valence-corrected chi connectivity index (χ4v) is 6.62. The van der Waals surface area contributed by atoms with Gasteiger partial charge in [0.1, 0.15) is 48.3 Å². The van der Waals surface area contributed by atoms with Crippen molar-refractivity contribution in [3.63, 3.8) is 0 Å². The van der Waals surface area contributed by atoms with Crippen LogP contribution < -0.4 is 0 Å². The first-order valence-electron chi connectivity index (χ1n) is 14.8. The lowest BCUT2D eigenvalue weighted by molar-refractivity contribution is -0.347. The maximum absolute atomic E-state index is 12.6. The van der Waals surface area contributed by atoms with Crippen molar-refractivity contribution in [1.29, 1.82) is 0 Å². The van der Waals surface area contributed by atoms with Crippen LogP contribution in [0.1, 0.15) is 12.5 Å². The molecule has 4 heterocycles. The number of aliphatic hydroxyl groups excluding tert-OH is 7. The van der Waals surface area contributed by atoms with E-state index in [2.05, 4.69) is 0 Å². The third kappa shape index (κ3) is 5.93. The van der Waals surface area contributed by atoms with E-state index in [4.69, 9.17) is 33.2 Å². The quantitative estimate of drug-likeness (QED) is 0.0845. The summed E-state index contributed by atoms with van der Waals surface area (Å²) < 4.78 is 40.4. The number of aliphatic hydroxyl groups is 7. The zero-order valence-electron chi connectivity index (χ0n) is 24.2. The molecular weight excluding hydrogens is 600 g/mol. The summed E-state index contributed by atoms with van der Waals surface area (Å²) in [7, 11) is 0. The highest BCUT2D eigenvalue weighted by atomic mass is 16.8. The fourth-order valence-electron chi connectivity index (χ4n) is 6.62. The molecule has 0 bridgehead atoms. The first kappa shape index (κ1) is 32.4. The summed E-state index contributed by atoms with van der Waals surface area (Å²) in [5.74, 6) is -2.08. The van der Waals surface area contributed by atoms with Crippen LogP contribution in [0.15, 0.2) is 48.7 Å². The maximum atomic E-state index is 12.6. The van der Waals surface area contributed by atoms with Crippen molar-refractivity contribution in [2.45, 2.75) is 92.4 Å². The van der Waals surface area contributed by atoms with E-state index >= 15 is 0 Å². The van der Waals surface area contributed by atoms with Crippen molar-refractivity contribution in [3.05, 3.63) is 54.3 Å². The Balaban J connectivity index is 1.15. The minimum atomic E-state index is -1.69. The lowest BCUT2D eigenvalue weighted by Gasteiger charge is -2.44. The van der Waals surface area contributed by atoms with Crippen molar-refractivity contribution >= 4 is 12.0 Å². The van der Waals surface area contributed by atoms with Gasteiger partial charge >= 0.3 is 5.97 Å². The number of carbonyl (C=O) groups excluding carboxylic acids is 1. The molecule has 0 radical (unpaired) electrons. The standard InChI is InChI=1S/C30H38O15/c1-13-19(34)25(42-17(33)8-7-14-5-3-2-4-6-14)23(38)29(40-13)43-24-15-9-10-39-27(18(15)30(12-32)26(24)45-30)44-28-22(37)21(36)20(35)16(11-31)41-28/h2-10,13,15-16,18-29,31-32,34-38H,11-12H2,1H3/t13-,15+,16+,18+,19-,20+,21-,22+,23-,24-,25+,26-,27-,28-,29-,30+/m0/s1. The number of epoxide rings is 1. The van der Waals surface area contributed by atoms with Gasteiger partial charge in [0, 0.05) is 12.0 Å². The number of ether oxygens (including phenoxy) is 7. The Kier molecular flexibility index (Phi) is 9.33. The molecule has 45 heavy (non-hydrogen) atoms. The minimum Gasteiger partial charge on any atom is -0.472 e. The lowest BCUT2D eigenvalue weighted by atomic mass is 9.85. The van der Waals surface area contributed by atoms with E-state index < -0.39 is 117 Å². The Morgan fingerprint density at radius 1 is 0.889 bits per heavy atom. The molecule has 0 unspecified atom stereocenters. The smallest absolute Gasteiger partial charge is 0.331 e. The van der Waals surface area contributed by atoms with E-state index in [0.29, 0.717) is 0 Å². The molecule has 1 saturated carbocycles. The predicted molar refractivity (Wildman–Crippen MR) is 147 cm³/mol. The van der Waals surface area contributed by atoms with Gasteiger partial charge in [-0.3, -0.25) is 0 Å². The Morgan fingerprint density at radius 2 is 1.62 bits per heavy atom. The first-order chi connectivity index (χ1) is 21.6. The molecule has 0 amide bonds. The van der Waals surface area contributed by atoms with Gasteiger partial charge in [0.05, 0.1) is 37.6 Å². The van der Waals surface area contributed by atoms with Gasteiger partial charge in [-0.15, -0.1) is 0 Å². The second-order valence-electron chi connectivity index (χ2n) is 11.9. The summed E-state index contributed by atoms with van der Waals surface area (Å²) in [4.78, 5) is 12.6. The van der Waals surface area contributed by atoms with Crippen molar-refractivity contribution < 1.29 is 73.7 Å². The molecule has 16 atom stereocenters. The summed E-state index contributed by atoms with van der Waals surface area (Å²) in [5, 5.41) is 72.5. The highest BCUT2D eigenvalue weighted by Crippen LogP contribution is 2.61. The van der Waals surface area contributed by atoms with Crippen molar-refractivity contribution in [1.82, 2.24) is 0 Å². The SMILES string of the molecule is C[C@@H]1O[C@@H](O[C@H]2[C@@H]3C=CO[C@@H](O[C@@H]4O[C@H](CO)[C@@H](O)[C@H](O)[C@H]4O)[C@@H]3[C@@]3(CO)O[C@@H]23)[C@@H](O)[C@H](OC(=O)C=Cc2ccccc2)[C@H]1O. The van der Waals surface area contributed by atoms with E-state index in [1.165, 1.54) is 25.3 Å². The number of hydrogen-bond donors (Lipinski definition) is 7. The number of esters is 1. The number of benzene rings is 1. The van der Waals surface area contributed by atoms with Crippen LogP contribution in [-0.4, -0.2) is 140 Å². The van der Waals surface area contributed by atoms with Gasteiger partial charge in [0.2, 0.25) is 6.29 Å². The average Bonchev–Trinajstić information content (AvgIpc) is 3.72. The summed E-state index contributed by atoms with van der Waals surface area (Å²) in [6, 6.07) is 9.03. The summed E-state index contributed by atoms with van der Waals surface area (Å²) >= 11 is 0. The molecule has 4 aliphatic heterocycles. The fraction of sp³-hybridized carbons (Fsp3) is 0.633. The summed E-state index contributed by atoms with van der Waals surface area (Å²) in [6.07, 6.45) is -11.3. The zero-order chi connectivity index (χ0) is 32.0. The lowest BCUT2D eigenvalue weighted by Crippen LogP contribution is -2.60. The number of carbonyl (C=O) groups is 1. The van der Waals surface area contributed by atoms with E-state index in [0.717, 1.165) is 5.56 Å². The van der Waals surface area contributed by atoms with Crippen molar-refractivity contribution in [2.75, 3.05) is 13.2 Å². The van der Waals surface area contributed by atoms with E-state index in [-0.39, 0.29) is 0 Å². The highest BCUT2D eigenvalue weighted by molar-refractivity contribution is 5.87. The highest BCUT2D eigenvalue weighted by Gasteiger charge is 2.77. The molecule has 15 heteroatoms. The zero-order valence-corrected chi connectivity index (χ0v) is 24.2. The molecule has 5 aliphatic rings. The average molecular weight is 639 g/mol.